The number of halogens is 1. The second kappa shape index (κ2) is 10.3. The molecule has 1 aromatic heterocycles. The van der Waals surface area contributed by atoms with Crippen LogP contribution in [0.25, 0.3) is 5.69 Å². The lowest BCUT2D eigenvalue weighted by Crippen LogP contribution is -2.37. The van der Waals surface area contributed by atoms with Crippen LogP contribution in [0.5, 0.6) is 5.75 Å². The van der Waals surface area contributed by atoms with E-state index < -0.39 is 0 Å². The summed E-state index contributed by atoms with van der Waals surface area (Å²) in [4.78, 5) is 18.1. The SMILES string of the molecule is COc1ccccc1-n1nc(CN(C(=O)C2CCCC2)C2CC2)c2c1CCN(Cc1ccc(F)cc1)C2. The van der Waals surface area contributed by atoms with Crippen LogP contribution in [0.15, 0.2) is 48.5 Å². The van der Waals surface area contributed by atoms with E-state index in [2.05, 4.69) is 9.80 Å². The fraction of sp³-hybridized carbons (Fsp3) is 0.467. The van der Waals surface area contributed by atoms with E-state index in [0.29, 0.717) is 18.5 Å². The van der Waals surface area contributed by atoms with Gasteiger partial charge >= 0.3 is 0 Å². The molecule has 6 nitrogen and oxygen atoms in total. The summed E-state index contributed by atoms with van der Waals surface area (Å²) in [6.45, 7) is 2.96. The van der Waals surface area contributed by atoms with Crippen molar-refractivity contribution in [1.29, 1.82) is 0 Å². The maximum absolute atomic E-state index is 13.5. The Labute approximate surface area is 218 Å². The zero-order valence-corrected chi connectivity index (χ0v) is 21.5. The van der Waals surface area contributed by atoms with Crippen LogP contribution in [-0.4, -0.2) is 45.2 Å². The maximum atomic E-state index is 13.5. The highest BCUT2D eigenvalue weighted by Gasteiger charge is 2.38. The summed E-state index contributed by atoms with van der Waals surface area (Å²) in [5.74, 6) is 1.06. The van der Waals surface area contributed by atoms with E-state index >= 15 is 0 Å². The number of aromatic nitrogens is 2. The second-order valence-electron chi connectivity index (χ2n) is 10.7. The summed E-state index contributed by atoms with van der Waals surface area (Å²) in [7, 11) is 1.69. The number of hydrogen-bond acceptors (Lipinski definition) is 4. The van der Waals surface area contributed by atoms with Gasteiger partial charge in [-0.2, -0.15) is 5.10 Å². The Balaban J connectivity index is 1.34. The zero-order valence-electron chi connectivity index (χ0n) is 21.5. The van der Waals surface area contributed by atoms with Crippen LogP contribution in [0.4, 0.5) is 4.39 Å². The third-order valence-electron chi connectivity index (χ3n) is 8.15. The minimum absolute atomic E-state index is 0.169. The van der Waals surface area contributed by atoms with Crippen molar-refractivity contribution in [2.75, 3.05) is 13.7 Å². The summed E-state index contributed by atoms with van der Waals surface area (Å²) >= 11 is 0. The molecule has 2 saturated carbocycles. The predicted octanol–water partition coefficient (Wildman–Crippen LogP) is 5.26. The molecule has 2 aromatic carbocycles. The van der Waals surface area contributed by atoms with Gasteiger partial charge in [-0.1, -0.05) is 37.1 Å². The van der Waals surface area contributed by atoms with Crippen molar-refractivity contribution < 1.29 is 13.9 Å². The topological polar surface area (TPSA) is 50.6 Å². The number of ether oxygens (including phenoxy) is 1. The first kappa shape index (κ1) is 24.2. The molecule has 0 atom stereocenters. The molecule has 3 aliphatic rings. The Hall–Kier alpha value is -3.19. The summed E-state index contributed by atoms with van der Waals surface area (Å²) in [6, 6.07) is 15.1. The lowest BCUT2D eigenvalue weighted by Gasteiger charge is -2.29. The Morgan fingerprint density at radius 1 is 1.08 bits per heavy atom. The number of carbonyl (C=O) groups excluding carboxylic acids is 1. The molecule has 1 amide bonds. The molecular formula is C30H35FN4O2. The highest BCUT2D eigenvalue weighted by Crippen LogP contribution is 2.36. The molecular weight excluding hydrogens is 467 g/mol. The van der Waals surface area contributed by atoms with Crippen LogP contribution in [-0.2, 0) is 30.8 Å². The van der Waals surface area contributed by atoms with Crippen molar-refractivity contribution in [3.05, 3.63) is 76.9 Å². The zero-order chi connectivity index (χ0) is 25.4. The van der Waals surface area contributed by atoms with Crippen molar-refractivity contribution in [3.8, 4) is 11.4 Å². The third-order valence-corrected chi connectivity index (χ3v) is 8.15. The molecule has 6 rings (SSSR count). The first-order valence-electron chi connectivity index (χ1n) is 13.6. The highest BCUT2D eigenvalue weighted by molar-refractivity contribution is 5.79. The fourth-order valence-electron chi connectivity index (χ4n) is 6.00. The Kier molecular flexibility index (Phi) is 6.72. The van der Waals surface area contributed by atoms with Crippen LogP contribution in [0.1, 0.15) is 61.0 Å². The monoisotopic (exact) mass is 502 g/mol. The average Bonchev–Trinajstić information content (AvgIpc) is 3.49. The number of rotatable bonds is 8. The first-order chi connectivity index (χ1) is 18.1. The van der Waals surface area contributed by atoms with Crippen LogP contribution < -0.4 is 4.74 Å². The molecule has 37 heavy (non-hydrogen) atoms. The molecule has 1 aliphatic heterocycles. The molecule has 0 radical (unpaired) electrons. The molecule has 194 valence electrons. The lowest BCUT2D eigenvalue weighted by atomic mass is 10.0. The van der Waals surface area contributed by atoms with E-state index in [0.717, 1.165) is 87.3 Å². The highest BCUT2D eigenvalue weighted by atomic mass is 19.1. The van der Waals surface area contributed by atoms with Crippen LogP contribution in [0.2, 0.25) is 0 Å². The Morgan fingerprint density at radius 2 is 1.84 bits per heavy atom. The largest absolute Gasteiger partial charge is 0.494 e. The lowest BCUT2D eigenvalue weighted by molar-refractivity contribution is -0.136. The van der Waals surface area contributed by atoms with Gasteiger partial charge in [-0.05, 0) is 55.5 Å². The van der Waals surface area contributed by atoms with Gasteiger partial charge in [0.25, 0.3) is 0 Å². The van der Waals surface area contributed by atoms with Gasteiger partial charge in [0, 0.05) is 43.6 Å². The third kappa shape index (κ3) is 5.01. The van der Waals surface area contributed by atoms with Crippen molar-refractivity contribution in [2.24, 2.45) is 5.92 Å². The van der Waals surface area contributed by atoms with E-state index in [-0.39, 0.29) is 11.7 Å². The quantitative estimate of drug-likeness (QED) is 0.422. The average molecular weight is 503 g/mol. The normalized spacial score (nSPS) is 18.1. The number of amides is 1. The van der Waals surface area contributed by atoms with Gasteiger partial charge in [0.1, 0.15) is 17.3 Å². The van der Waals surface area contributed by atoms with E-state index in [9.17, 15) is 9.18 Å². The predicted molar refractivity (Wildman–Crippen MR) is 140 cm³/mol. The standard InChI is InChI=1S/C30H35FN4O2/c1-37-29-9-5-4-8-28(29)35-27-16-17-33(18-21-10-12-23(31)13-11-21)19-25(27)26(32-35)20-34(24-14-15-24)30(36)22-6-2-3-7-22/h4-5,8-13,22,24H,2-3,6-7,14-20H2,1H3. The molecule has 0 bridgehead atoms. The number of benzene rings is 2. The van der Waals surface area contributed by atoms with Crippen molar-refractivity contribution in [2.45, 2.75) is 70.6 Å². The number of methoxy groups -OCH3 is 1. The van der Waals surface area contributed by atoms with E-state index in [1.165, 1.54) is 23.4 Å². The van der Waals surface area contributed by atoms with E-state index in [1.54, 1.807) is 7.11 Å². The molecule has 2 fully saturated rings. The van der Waals surface area contributed by atoms with Crippen molar-refractivity contribution in [1.82, 2.24) is 19.6 Å². The van der Waals surface area contributed by atoms with Crippen LogP contribution >= 0.6 is 0 Å². The van der Waals surface area contributed by atoms with Crippen LogP contribution in [0, 0.1) is 11.7 Å². The van der Waals surface area contributed by atoms with Gasteiger partial charge in [0.05, 0.1) is 25.0 Å². The Morgan fingerprint density at radius 3 is 2.57 bits per heavy atom. The summed E-state index contributed by atoms with van der Waals surface area (Å²) in [5.41, 5.74) is 5.42. The minimum atomic E-state index is -0.211. The number of para-hydroxylation sites is 2. The van der Waals surface area contributed by atoms with Crippen molar-refractivity contribution in [3.63, 3.8) is 0 Å². The molecule has 0 unspecified atom stereocenters. The van der Waals surface area contributed by atoms with Gasteiger partial charge in [-0.15, -0.1) is 0 Å². The smallest absolute Gasteiger partial charge is 0.226 e. The van der Waals surface area contributed by atoms with Crippen molar-refractivity contribution >= 4 is 5.91 Å². The second-order valence-corrected chi connectivity index (χ2v) is 10.7. The number of fused-ring (bicyclic) bond motifs is 1. The fourth-order valence-corrected chi connectivity index (χ4v) is 6.00. The van der Waals surface area contributed by atoms with Gasteiger partial charge in [-0.3, -0.25) is 9.69 Å². The summed E-state index contributed by atoms with van der Waals surface area (Å²) < 4.78 is 21.2. The first-order valence-corrected chi connectivity index (χ1v) is 13.6. The molecule has 0 spiro atoms. The molecule has 2 aliphatic carbocycles. The number of carbonyl (C=O) groups is 1. The summed E-state index contributed by atoms with van der Waals surface area (Å²) in [5, 5.41) is 5.15. The van der Waals surface area contributed by atoms with Gasteiger partial charge < -0.3 is 9.64 Å². The van der Waals surface area contributed by atoms with E-state index in [1.807, 2.05) is 41.1 Å². The van der Waals surface area contributed by atoms with Gasteiger partial charge in [0.2, 0.25) is 5.91 Å². The molecule has 3 aromatic rings. The molecule has 0 saturated heterocycles. The van der Waals surface area contributed by atoms with E-state index in [4.69, 9.17) is 9.84 Å². The molecule has 7 heteroatoms. The molecule has 2 heterocycles. The van der Waals surface area contributed by atoms with Gasteiger partial charge in [0.15, 0.2) is 0 Å². The maximum Gasteiger partial charge on any atom is 0.226 e. The van der Waals surface area contributed by atoms with Gasteiger partial charge in [-0.25, -0.2) is 9.07 Å². The van der Waals surface area contributed by atoms with Crippen LogP contribution in [0.3, 0.4) is 0 Å². The Bertz CT molecular complexity index is 1260. The summed E-state index contributed by atoms with van der Waals surface area (Å²) in [6.07, 6.45) is 7.37. The number of nitrogens with zero attached hydrogens (tertiary/aromatic N) is 4. The minimum Gasteiger partial charge on any atom is -0.494 e. The molecule has 0 N–H and O–H groups in total. The number of hydrogen-bond donors (Lipinski definition) is 0.